The normalized spacial score (nSPS) is 37.7. The summed E-state index contributed by atoms with van der Waals surface area (Å²) in [7, 11) is 0. The van der Waals surface area contributed by atoms with Crippen LogP contribution in [0.1, 0.15) is 71.1 Å². The van der Waals surface area contributed by atoms with Crippen LogP contribution in [0.5, 0.6) is 0 Å². The minimum Gasteiger partial charge on any atom is -0.394 e. The van der Waals surface area contributed by atoms with E-state index in [2.05, 4.69) is 6.92 Å². The van der Waals surface area contributed by atoms with Crippen LogP contribution >= 0.6 is 0 Å². The van der Waals surface area contributed by atoms with Gasteiger partial charge in [-0.05, 0) is 6.42 Å². The maximum Gasteiger partial charge on any atom is 0.224 e. The molecule has 0 radical (unpaired) electrons. The first-order valence-corrected chi connectivity index (χ1v) is 13.0. The predicted molar refractivity (Wildman–Crippen MR) is 124 cm³/mol. The Kier molecular flexibility index (Phi) is 13.8. The molecular formula is C24H46O11. The summed E-state index contributed by atoms with van der Waals surface area (Å²) in [5.41, 5.74) is 0. The van der Waals surface area contributed by atoms with E-state index in [0.717, 1.165) is 19.3 Å². The van der Waals surface area contributed by atoms with E-state index < -0.39 is 68.0 Å². The smallest absolute Gasteiger partial charge is 0.224 e. The number of hydrogen-bond acceptors (Lipinski definition) is 11. The third kappa shape index (κ3) is 8.54. The first-order chi connectivity index (χ1) is 16.8. The van der Waals surface area contributed by atoms with Crippen LogP contribution in [0.25, 0.3) is 0 Å². The Morgan fingerprint density at radius 2 is 1.26 bits per heavy atom. The van der Waals surface area contributed by atoms with Crippen molar-refractivity contribution >= 4 is 0 Å². The van der Waals surface area contributed by atoms with Crippen LogP contribution in [0.3, 0.4) is 0 Å². The second-order valence-electron chi connectivity index (χ2n) is 9.64. The lowest BCUT2D eigenvalue weighted by molar-refractivity contribution is -0.385. The highest BCUT2D eigenvalue weighted by molar-refractivity contribution is 4.98. The van der Waals surface area contributed by atoms with E-state index in [-0.39, 0.29) is 6.61 Å². The summed E-state index contributed by atoms with van der Waals surface area (Å²) in [6.07, 6.45) is -0.516. The number of rotatable bonds is 17. The van der Waals surface area contributed by atoms with Crippen LogP contribution in [0.15, 0.2) is 0 Å². The molecule has 0 spiro atoms. The summed E-state index contributed by atoms with van der Waals surface area (Å²) in [5, 5.41) is 70.1. The van der Waals surface area contributed by atoms with Gasteiger partial charge in [-0.25, -0.2) is 0 Å². The maximum atomic E-state index is 10.7. The van der Waals surface area contributed by atoms with Crippen molar-refractivity contribution in [2.75, 3.05) is 26.4 Å². The molecule has 208 valence electrons. The van der Waals surface area contributed by atoms with Crippen molar-refractivity contribution in [3.63, 3.8) is 0 Å². The minimum atomic E-state index is -2.00. The fraction of sp³-hybridized carbons (Fsp3) is 1.00. The monoisotopic (exact) mass is 510 g/mol. The minimum absolute atomic E-state index is 0.339. The van der Waals surface area contributed by atoms with E-state index in [1.807, 2.05) is 0 Å². The zero-order valence-electron chi connectivity index (χ0n) is 20.8. The summed E-state index contributed by atoms with van der Waals surface area (Å²) < 4.78 is 22.3. The largest absolute Gasteiger partial charge is 0.394 e. The molecule has 0 aromatic rings. The molecule has 35 heavy (non-hydrogen) atoms. The second kappa shape index (κ2) is 15.7. The third-order valence-corrected chi connectivity index (χ3v) is 6.80. The fourth-order valence-electron chi connectivity index (χ4n) is 4.52. The van der Waals surface area contributed by atoms with Crippen molar-refractivity contribution in [1.29, 1.82) is 0 Å². The fourth-order valence-corrected chi connectivity index (χ4v) is 4.52. The van der Waals surface area contributed by atoms with Gasteiger partial charge in [0.1, 0.15) is 49.3 Å². The Morgan fingerprint density at radius 3 is 1.80 bits per heavy atom. The van der Waals surface area contributed by atoms with Crippen LogP contribution in [0.2, 0.25) is 0 Å². The number of hydrogen-bond donors (Lipinski definition) is 7. The molecule has 11 nitrogen and oxygen atoms in total. The summed E-state index contributed by atoms with van der Waals surface area (Å²) in [4.78, 5) is 0. The summed E-state index contributed by atoms with van der Waals surface area (Å²) in [5.74, 6) is -2.00. The van der Waals surface area contributed by atoms with Crippen molar-refractivity contribution in [2.24, 2.45) is 0 Å². The Labute approximate surface area is 207 Å². The maximum absolute atomic E-state index is 10.7. The quantitative estimate of drug-likeness (QED) is 0.126. The molecule has 2 fully saturated rings. The van der Waals surface area contributed by atoms with Crippen LogP contribution in [-0.4, -0.2) is 117 Å². The van der Waals surface area contributed by atoms with Gasteiger partial charge in [0.05, 0.1) is 13.2 Å². The molecule has 2 saturated heterocycles. The van der Waals surface area contributed by atoms with E-state index in [1.54, 1.807) is 0 Å². The molecule has 2 heterocycles. The zero-order chi connectivity index (χ0) is 25.8. The summed E-state index contributed by atoms with van der Waals surface area (Å²) in [6.45, 7) is 0.952. The van der Waals surface area contributed by atoms with E-state index in [4.69, 9.17) is 18.9 Å². The molecule has 0 aromatic carbocycles. The first-order valence-electron chi connectivity index (χ1n) is 13.0. The third-order valence-electron chi connectivity index (χ3n) is 6.80. The molecule has 0 aliphatic carbocycles. The number of unbranched alkanes of at least 4 members (excludes halogenated alkanes) is 9. The average Bonchev–Trinajstić information content (AvgIpc) is 3.09. The van der Waals surface area contributed by atoms with Crippen LogP contribution in [0, 0.1) is 0 Å². The topological polar surface area (TPSA) is 179 Å². The number of ether oxygens (including phenoxy) is 4. The molecule has 7 N–H and O–H groups in total. The Balaban J connectivity index is 1.84. The van der Waals surface area contributed by atoms with Crippen molar-refractivity contribution < 1.29 is 54.7 Å². The van der Waals surface area contributed by atoms with Crippen molar-refractivity contribution in [3.05, 3.63) is 0 Å². The van der Waals surface area contributed by atoms with Gasteiger partial charge in [0.2, 0.25) is 5.79 Å². The average molecular weight is 511 g/mol. The molecule has 0 saturated carbocycles. The highest BCUT2D eigenvalue weighted by Crippen LogP contribution is 2.36. The lowest BCUT2D eigenvalue weighted by atomic mass is 9.99. The number of aliphatic hydroxyl groups is 7. The van der Waals surface area contributed by atoms with E-state index >= 15 is 0 Å². The Bertz CT molecular complexity index is 566. The second-order valence-corrected chi connectivity index (χ2v) is 9.64. The van der Waals surface area contributed by atoms with Gasteiger partial charge < -0.3 is 54.7 Å². The zero-order valence-corrected chi connectivity index (χ0v) is 20.8. The van der Waals surface area contributed by atoms with Crippen molar-refractivity contribution in [3.8, 4) is 0 Å². The lowest BCUT2D eigenvalue weighted by Gasteiger charge is -2.43. The van der Waals surface area contributed by atoms with Gasteiger partial charge in [0.25, 0.3) is 0 Å². The molecule has 9 atom stereocenters. The molecular weight excluding hydrogens is 464 g/mol. The van der Waals surface area contributed by atoms with Crippen molar-refractivity contribution in [2.45, 2.75) is 126 Å². The molecule has 2 aliphatic rings. The van der Waals surface area contributed by atoms with E-state index in [1.165, 1.54) is 44.9 Å². The van der Waals surface area contributed by atoms with E-state index in [9.17, 15) is 35.7 Å². The summed E-state index contributed by atoms with van der Waals surface area (Å²) >= 11 is 0. The van der Waals surface area contributed by atoms with Gasteiger partial charge in [0.15, 0.2) is 6.29 Å². The Hall–Kier alpha value is -0.440. The van der Waals surface area contributed by atoms with Crippen LogP contribution in [-0.2, 0) is 18.9 Å². The van der Waals surface area contributed by atoms with E-state index in [0.29, 0.717) is 6.61 Å². The molecule has 2 aliphatic heterocycles. The van der Waals surface area contributed by atoms with Gasteiger partial charge in [-0.15, -0.1) is 0 Å². The molecule has 0 unspecified atom stereocenters. The van der Waals surface area contributed by atoms with Gasteiger partial charge >= 0.3 is 0 Å². The van der Waals surface area contributed by atoms with Gasteiger partial charge in [-0.2, -0.15) is 0 Å². The van der Waals surface area contributed by atoms with Crippen molar-refractivity contribution in [1.82, 2.24) is 0 Å². The lowest BCUT2D eigenvalue weighted by Crippen LogP contribution is -2.62. The SMILES string of the molecule is CCCCCCCCCCCCOC[C@@]1(O[C@H]2O[C@H](CO)[C@@H](O)[C@H](O)[C@H]2O)O[C@H](CO)[C@@H](O)[C@@H]1O. The van der Waals surface area contributed by atoms with Gasteiger partial charge in [-0.1, -0.05) is 64.7 Å². The van der Waals surface area contributed by atoms with Gasteiger partial charge in [-0.3, -0.25) is 0 Å². The standard InChI is InChI=1S/C24H46O11/c1-2-3-4-5-6-7-8-9-10-11-12-32-15-24(22(31)19(28)17(14-26)34-24)35-23-21(30)20(29)18(27)16(13-25)33-23/h16-23,25-31H,2-15H2,1H3/t16-,17-,18-,19-,20+,21-,22+,23-,24+/m1/s1. The molecule has 0 aromatic heterocycles. The Morgan fingerprint density at radius 1 is 0.686 bits per heavy atom. The first kappa shape index (κ1) is 30.8. The summed E-state index contributed by atoms with van der Waals surface area (Å²) in [6, 6.07) is 0. The highest BCUT2D eigenvalue weighted by atomic mass is 16.8. The predicted octanol–water partition coefficient (Wildman–Crippen LogP) is -0.450. The number of aliphatic hydroxyl groups excluding tert-OH is 7. The highest BCUT2D eigenvalue weighted by Gasteiger charge is 2.58. The molecule has 0 amide bonds. The van der Waals surface area contributed by atoms with Gasteiger partial charge in [0, 0.05) is 6.61 Å². The molecule has 2 rings (SSSR count). The van der Waals surface area contributed by atoms with Crippen LogP contribution < -0.4 is 0 Å². The molecule has 11 heteroatoms. The van der Waals surface area contributed by atoms with Crippen LogP contribution in [0.4, 0.5) is 0 Å². The molecule has 0 bridgehead atoms.